The Morgan fingerprint density at radius 1 is 1.33 bits per heavy atom. The Morgan fingerprint density at radius 2 is 2.05 bits per heavy atom. The van der Waals surface area contributed by atoms with Crippen molar-refractivity contribution in [2.75, 3.05) is 13.6 Å². The van der Waals surface area contributed by atoms with Crippen LogP contribution in [-0.2, 0) is 11.3 Å². The minimum Gasteiger partial charge on any atom is -0.481 e. The van der Waals surface area contributed by atoms with Gasteiger partial charge < -0.3 is 14.9 Å². The van der Waals surface area contributed by atoms with Gasteiger partial charge in [-0.15, -0.1) is 0 Å². The molecule has 116 valence electrons. The van der Waals surface area contributed by atoms with Crippen molar-refractivity contribution in [1.82, 2.24) is 14.8 Å². The zero-order valence-corrected chi connectivity index (χ0v) is 12.8. The highest BCUT2D eigenvalue weighted by molar-refractivity contribution is 5.74. The predicted molar refractivity (Wildman–Crippen MR) is 79.8 cm³/mol. The molecule has 2 amide bonds. The maximum atomic E-state index is 12.4. The first-order chi connectivity index (χ1) is 9.91. The first-order valence-electron chi connectivity index (χ1n) is 7.05. The Bertz CT molecular complexity index is 462. The van der Waals surface area contributed by atoms with Crippen LogP contribution in [0, 0.1) is 0 Å². The molecule has 0 aliphatic carbocycles. The van der Waals surface area contributed by atoms with E-state index in [1.54, 1.807) is 23.0 Å². The van der Waals surface area contributed by atoms with E-state index in [-0.39, 0.29) is 18.5 Å². The summed E-state index contributed by atoms with van der Waals surface area (Å²) in [4.78, 5) is 30.5. The molecule has 0 aliphatic rings. The molecule has 0 unspecified atom stereocenters. The maximum Gasteiger partial charge on any atom is 0.320 e. The second-order valence-corrected chi connectivity index (χ2v) is 5.24. The molecule has 0 saturated heterocycles. The van der Waals surface area contributed by atoms with Crippen molar-refractivity contribution in [1.29, 1.82) is 0 Å². The molecule has 1 heterocycles. The summed E-state index contributed by atoms with van der Waals surface area (Å²) < 4.78 is 0. The third-order valence-electron chi connectivity index (χ3n) is 3.11. The third kappa shape index (κ3) is 5.81. The van der Waals surface area contributed by atoms with Crippen LogP contribution < -0.4 is 0 Å². The van der Waals surface area contributed by atoms with Crippen LogP contribution in [0.2, 0.25) is 0 Å². The molecule has 0 aromatic carbocycles. The van der Waals surface area contributed by atoms with Crippen molar-refractivity contribution in [2.24, 2.45) is 0 Å². The van der Waals surface area contributed by atoms with Crippen molar-refractivity contribution in [3.8, 4) is 0 Å². The molecular weight excluding hydrogens is 270 g/mol. The van der Waals surface area contributed by atoms with Crippen LogP contribution in [0.5, 0.6) is 0 Å². The number of aromatic nitrogens is 1. The van der Waals surface area contributed by atoms with Gasteiger partial charge in [-0.3, -0.25) is 9.78 Å². The Kier molecular flexibility index (Phi) is 6.65. The quantitative estimate of drug-likeness (QED) is 0.836. The van der Waals surface area contributed by atoms with E-state index in [1.165, 1.54) is 0 Å². The number of nitrogens with zero attached hydrogens (tertiary/aromatic N) is 3. The Hall–Kier alpha value is -2.11. The summed E-state index contributed by atoms with van der Waals surface area (Å²) in [6.45, 7) is 4.72. The van der Waals surface area contributed by atoms with Gasteiger partial charge in [0.15, 0.2) is 0 Å². The van der Waals surface area contributed by atoms with Gasteiger partial charge in [-0.05, 0) is 32.4 Å². The lowest BCUT2D eigenvalue weighted by Crippen LogP contribution is -2.45. The van der Waals surface area contributed by atoms with Gasteiger partial charge in [-0.25, -0.2) is 4.79 Å². The fourth-order valence-corrected chi connectivity index (χ4v) is 2.00. The van der Waals surface area contributed by atoms with Gasteiger partial charge in [-0.2, -0.15) is 0 Å². The van der Waals surface area contributed by atoms with Gasteiger partial charge in [0, 0.05) is 32.3 Å². The number of amides is 2. The number of carbonyl (C=O) groups excluding carboxylic acids is 1. The highest BCUT2D eigenvalue weighted by atomic mass is 16.4. The van der Waals surface area contributed by atoms with Gasteiger partial charge in [0.05, 0.1) is 12.2 Å². The van der Waals surface area contributed by atoms with E-state index in [9.17, 15) is 9.59 Å². The van der Waals surface area contributed by atoms with Crippen molar-refractivity contribution in [2.45, 2.75) is 39.3 Å². The van der Waals surface area contributed by atoms with Crippen LogP contribution in [0.4, 0.5) is 4.79 Å². The Balaban J connectivity index is 2.60. The molecule has 0 aliphatic heterocycles. The summed E-state index contributed by atoms with van der Waals surface area (Å²) in [5.74, 6) is -0.840. The predicted octanol–water partition coefficient (Wildman–Crippen LogP) is 2.21. The van der Waals surface area contributed by atoms with Crippen LogP contribution in [0.3, 0.4) is 0 Å². The number of hydrogen-bond acceptors (Lipinski definition) is 3. The highest BCUT2D eigenvalue weighted by Gasteiger charge is 2.21. The molecule has 6 nitrogen and oxygen atoms in total. The van der Waals surface area contributed by atoms with Crippen molar-refractivity contribution in [3.63, 3.8) is 0 Å². The standard InChI is InChI=1S/C15H23N3O3/c1-12(2)18(10-6-8-14(19)20)15(21)17(3)11-13-7-4-5-9-16-13/h4-5,7,9,12H,6,8,10-11H2,1-3H3,(H,19,20). The van der Waals surface area contributed by atoms with E-state index >= 15 is 0 Å². The van der Waals surface area contributed by atoms with Gasteiger partial charge >= 0.3 is 12.0 Å². The second-order valence-electron chi connectivity index (χ2n) is 5.24. The van der Waals surface area contributed by atoms with Gasteiger partial charge in [0.25, 0.3) is 0 Å². The van der Waals surface area contributed by atoms with E-state index < -0.39 is 5.97 Å². The molecule has 0 radical (unpaired) electrons. The molecule has 6 heteroatoms. The smallest absolute Gasteiger partial charge is 0.320 e. The zero-order chi connectivity index (χ0) is 15.8. The summed E-state index contributed by atoms with van der Waals surface area (Å²) in [5.41, 5.74) is 0.822. The normalized spacial score (nSPS) is 10.5. The number of rotatable bonds is 7. The lowest BCUT2D eigenvalue weighted by Gasteiger charge is -2.31. The molecule has 1 rings (SSSR count). The molecule has 0 bridgehead atoms. The van der Waals surface area contributed by atoms with Gasteiger partial charge in [-0.1, -0.05) is 6.07 Å². The monoisotopic (exact) mass is 293 g/mol. The largest absolute Gasteiger partial charge is 0.481 e. The molecule has 21 heavy (non-hydrogen) atoms. The van der Waals surface area contributed by atoms with E-state index in [2.05, 4.69) is 4.98 Å². The summed E-state index contributed by atoms with van der Waals surface area (Å²) in [5, 5.41) is 8.69. The third-order valence-corrected chi connectivity index (χ3v) is 3.11. The fourth-order valence-electron chi connectivity index (χ4n) is 2.00. The maximum absolute atomic E-state index is 12.4. The van der Waals surface area contributed by atoms with Crippen molar-refractivity contribution < 1.29 is 14.7 Å². The van der Waals surface area contributed by atoms with E-state index in [4.69, 9.17) is 5.11 Å². The van der Waals surface area contributed by atoms with Crippen LogP contribution in [-0.4, -0.2) is 51.5 Å². The number of urea groups is 1. The minimum atomic E-state index is -0.840. The topological polar surface area (TPSA) is 73.7 Å². The molecule has 0 fully saturated rings. The lowest BCUT2D eigenvalue weighted by molar-refractivity contribution is -0.137. The summed E-state index contributed by atoms with van der Waals surface area (Å²) >= 11 is 0. The molecule has 0 spiro atoms. The second kappa shape index (κ2) is 8.24. The molecule has 1 N–H and O–H groups in total. The number of aliphatic carboxylic acids is 1. The molecular formula is C15H23N3O3. The van der Waals surface area contributed by atoms with Crippen LogP contribution in [0.15, 0.2) is 24.4 Å². The van der Waals surface area contributed by atoms with E-state index in [0.29, 0.717) is 19.5 Å². The number of carboxylic acid groups (broad SMARTS) is 1. The number of carboxylic acids is 1. The van der Waals surface area contributed by atoms with Gasteiger partial charge in [0.1, 0.15) is 0 Å². The first-order valence-corrected chi connectivity index (χ1v) is 7.05. The van der Waals surface area contributed by atoms with Crippen LogP contribution in [0.25, 0.3) is 0 Å². The molecule has 0 saturated carbocycles. The number of pyridine rings is 1. The number of carbonyl (C=O) groups is 2. The summed E-state index contributed by atoms with van der Waals surface area (Å²) in [7, 11) is 1.73. The summed E-state index contributed by atoms with van der Waals surface area (Å²) in [6.07, 6.45) is 2.22. The SMILES string of the molecule is CC(C)N(CCCC(=O)O)C(=O)N(C)Cc1ccccn1. The lowest BCUT2D eigenvalue weighted by atomic mass is 10.2. The molecule has 0 atom stereocenters. The Morgan fingerprint density at radius 3 is 2.57 bits per heavy atom. The van der Waals surface area contributed by atoms with Crippen LogP contribution in [0.1, 0.15) is 32.4 Å². The van der Waals surface area contributed by atoms with E-state index in [0.717, 1.165) is 5.69 Å². The van der Waals surface area contributed by atoms with Crippen molar-refractivity contribution >= 4 is 12.0 Å². The average molecular weight is 293 g/mol. The number of hydrogen-bond donors (Lipinski definition) is 1. The fraction of sp³-hybridized carbons (Fsp3) is 0.533. The summed E-state index contributed by atoms with van der Waals surface area (Å²) in [6, 6.07) is 5.50. The van der Waals surface area contributed by atoms with Crippen LogP contribution >= 0.6 is 0 Å². The highest BCUT2D eigenvalue weighted by Crippen LogP contribution is 2.08. The molecule has 1 aromatic rings. The van der Waals surface area contributed by atoms with Gasteiger partial charge in [0.2, 0.25) is 0 Å². The minimum absolute atomic E-state index is 0.0254. The zero-order valence-electron chi connectivity index (χ0n) is 12.8. The first kappa shape index (κ1) is 16.9. The van der Waals surface area contributed by atoms with Crippen molar-refractivity contribution in [3.05, 3.63) is 30.1 Å². The molecule has 1 aromatic heterocycles. The Labute approximate surface area is 125 Å². The average Bonchev–Trinajstić information content (AvgIpc) is 2.43. The van der Waals surface area contributed by atoms with E-state index in [1.807, 2.05) is 32.0 Å².